The maximum Gasteiger partial charge on any atom is 0.276 e. The number of hydrogen-bond donors (Lipinski definition) is 2. The zero-order chi connectivity index (χ0) is 19.6. The lowest BCUT2D eigenvalue weighted by atomic mass is 9.67. The highest BCUT2D eigenvalue weighted by molar-refractivity contribution is 5.93. The number of carbonyl (C=O) groups is 2. The summed E-state index contributed by atoms with van der Waals surface area (Å²) in [5.41, 5.74) is -0.289. The van der Waals surface area contributed by atoms with E-state index < -0.39 is 5.41 Å². The Morgan fingerprint density at radius 1 is 1.36 bits per heavy atom. The molecule has 28 heavy (non-hydrogen) atoms. The van der Waals surface area contributed by atoms with Crippen LogP contribution in [0.2, 0.25) is 0 Å². The van der Waals surface area contributed by atoms with Gasteiger partial charge in [-0.1, -0.05) is 5.21 Å². The monoisotopic (exact) mass is 387 g/mol. The first-order valence-electron chi connectivity index (χ1n) is 9.58. The Balaban J connectivity index is 1.52. The van der Waals surface area contributed by atoms with Gasteiger partial charge in [0.25, 0.3) is 5.91 Å². The first-order valence-corrected chi connectivity index (χ1v) is 9.58. The van der Waals surface area contributed by atoms with Crippen molar-refractivity contribution in [2.75, 3.05) is 33.2 Å². The molecule has 2 amide bonds. The van der Waals surface area contributed by atoms with Gasteiger partial charge in [0.05, 0.1) is 30.4 Å². The third kappa shape index (κ3) is 3.37. The molecule has 0 radical (unpaired) electrons. The Kier molecular flexibility index (Phi) is 5.07. The third-order valence-electron chi connectivity index (χ3n) is 5.91. The molecule has 4 heterocycles. The van der Waals surface area contributed by atoms with Gasteiger partial charge in [-0.25, -0.2) is 0 Å². The molecular formula is C17H25N9O2. The van der Waals surface area contributed by atoms with Crippen LogP contribution in [0.5, 0.6) is 0 Å². The average Bonchev–Trinajstić information content (AvgIpc) is 3.41. The van der Waals surface area contributed by atoms with Crippen LogP contribution in [0, 0.1) is 5.41 Å². The summed E-state index contributed by atoms with van der Waals surface area (Å²) in [6.45, 7) is 3.16. The summed E-state index contributed by atoms with van der Waals surface area (Å²) in [6, 6.07) is -0.185. The fourth-order valence-corrected chi connectivity index (χ4v) is 4.41. The van der Waals surface area contributed by atoms with Crippen molar-refractivity contribution in [2.24, 2.45) is 5.41 Å². The molecule has 2 fully saturated rings. The lowest BCUT2D eigenvalue weighted by Gasteiger charge is -2.53. The van der Waals surface area contributed by atoms with Gasteiger partial charge in [0.15, 0.2) is 5.69 Å². The molecule has 0 aromatic carbocycles. The Hall–Kier alpha value is -2.82. The molecule has 150 valence electrons. The lowest BCUT2D eigenvalue weighted by Crippen LogP contribution is -2.66. The number of hydrogen-bond acceptors (Lipinski definition) is 7. The number of H-pyrrole nitrogens is 1. The zero-order valence-electron chi connectivity index (χ0n) is 15.9. The van der Waals surface area contributed by atoms with E-state index in [-0.39, 0.29) is 23.6 Å². The van der Waals surface area contributed by atoms with Crippen molar-refractivity contribution in [3.8, 4) is 0 Å². The number of nitrogens with zero attached hydrogens (tertiary/aromatic N) is 7. The van der Waals surface area contributed by atoms with Crippen molar-refractivity contribution in [1.82, 2.24) is 45.5 Å². The molecule has 11 heteroatoms. The van der Waals surface area contributed by atoms with Crippen LogP contribution in [0.3, 0.4) is 0 Å². The number of carbonyl (C=O) groups excluding carboxylic acids is 2. The molecule has 2 aromatic rings. The van der Waals surface area contributed by atoms with Crippen molar-refractivity contribution in [1.29, 1.82) is 0 Å². The molecule has 0 bridgehead atoms. The van der Waals surface area contributed by atoms with Crippen molar-refractivity contribution in [3.63, 3.8) is 0 Å². The first-order chi connectivity index (χ1) is 13.6. The summed E-state index contributed by atoms with van der Waals surface area (Å²) in [5.74, 6) is -0.156. The highest BCUT2D eigenvalue weighted by atomic mass is 16.2. The van der Waals surface area contributed by atoms with Crippen LogP contribution in [-0.2, 0) is 11.3 Å². The Morgan fingerprint density at radius 3 is 3.00 bits per heavy atom. The molecule has 2 aliphatic heterocycles. The second-order valence-electron chi connectivity index (χ2n) is 7.56. The van der Waals surface area contributed by atoms with Crippen molar-refractivity contribution in [2.45, 2.75) is 31.8 Å². The fourth-order valence-electron chi connectivity index (χ4n) is 4.41. The van der Waals surface area contributed by atoms with Gasteiger partial charge in [-0.15, -0.1) is 5.10 Å². The van der Waals surface area contributed by atoms with E-state index in [9.17, 15) is 9.59 Å². The standard InChI is InChI=1S/C17H25N9O2/c1-24-8-4-17(16(28)18-5-9-25-10-6-19-23-25)3-2-7-26(14(17)12-24)15(27)13-11-20-22-21-13/h6,10-11,14H,2-5,7-9,12H2,1H3,(H,18,28)(H,20,21,22)/t14-,17+/m0/s1. The van der Waals surface area contributed by atoms with Crippen LogP contribution in [-0.4, -0.2) is 91.3 Å². The van der Waals surface area contributed by atoms with Crippen LogP contribution in [0.4, 0.5) is 0 Å². The largest absolute Gasteiger partial charge is 0.354 e. The fraction of sp³-hybridized carbons (Fsp3) is 0.647. The van der Waals surface area contributed by atoms with E-state index in [2.05, 4.69) is 35.9 Å². The minimum absolute atomic E-state index is 0.0170. The molecule has 2 N–H and O–H groups in total. The van der Waals surface area contributed by atoms with E-state index in [1.165, 1.54) is 6.20 Å². The van der Waals surface area contributed by atoms with E-state index >= 15 is 0 Å². The smallest absolute Gasteiger partial charge is 0.276 e. The van der Waals surface area contributed by atoms with Gasteiger partial charge in [-0.2, -0.15) is 15.4 Å². The number of rotatable bonds is 5. The van der Waals surface area contributed by atoms with Gasteiger partial charge < -0.3 is 15.1 Å². The number of piperidine rings is 2. The normalized spacial score (nSPS) is 25.3. The molecule has 0 saturated carbocycles. The van der Waals surface area contributed by atoms with Crippen molar-refractivity contribution < 1.29 is 9.59 Å². The molecular weight excluding hydrogens is 362 g/mol. The average molecular weight is 387 g/mol. The second-order valence-corrected chi connectivity index (χ2v) is 7.56. The Bertz CT molecular complexity index is 807. The van der Waals surface area contributed by atoms with E-state index in [1.54, 1.807) is 17.1 Å². The van der Waals surface area contributed by atoms with Gasteiger partial charge in [0.2, 0.25) is 5.91 Å². The molecule has 2 atom stereocenters. The van der Waals surface area contributed by atoms with Crippen molar-refractivity contribution >= 4 is 11.8 Å². The second kappa shape index (κ2) is 7.66. The van der Waals surface area contributed by atoms with Gasteiger partial charge in [-0.05, 0) is 32.9 Å². The molecule has 0 aliphatic carbocycles. The quantitative estimate of drug-likeness (QED) is 0.684. The highest BCUT2D eigenvalue weighted by Gasteiger charge is 2.53. The number of aromatic nitrogens is 6. The minimum Gasteiger partial charge on any atom is -0.354 e. The van der Waals surface area contributed by atoms with Crippen molar-refractivity contribution in [3.05, 3.63) is 24.3 Å². The first kappa shape index (κ1) is 18.5. The maximum atomic E-state index is 13.3. The molecule has 4 rings (SSSR count). The SMILES string of the molecule is CN1CC[C@]2(C(=O)NCCn3ccnn3)CCCN(C(=O)c3cn[nH]n3)[C@H]2C1. The van der Waals surface area contributed by atoms with Crippen LogP contribution in [0.25, 0.3) is 0 Å². The van der Waals surface area contributed by atoms with E-state index in [0.29, 0.717) is 26.2 Å². The summed E-state index contributed by atoms with van der Waals surface area (Å²) in [6.07, 6.45) is 7.11. The zero-order valence-corrected chi connectivity index (χ0v) is 15.9. The molecule has 2 saturated heterocycles. The Morgan fingerprint density at radius 2 is 2.25 bits per heavy atom. The molecule has 0 unspecified atom stereocenters. The number of nitrogens with one attached hydrogen (secondary N) is 2. The van der Waals surface area contributed by atoms with Gasteiger partial charge in [0.1, 0.15) is 0 Å². The number of fused-ring (bicyclic) bond motifs is 1. The predicted octanol–water partition coefficient (Wildman–Crippen LogP) is -0.861. The summed E-state index contributed by atoms with van der Waals surface area (Å²) < 4.78 is 1.69. The number of aromatic amines is 1. The topological polar surface area (TPSA) is 125 Å². The summed E-state index contributed by atoms with van der Waals surface area (Å²) in [7, 11) is 2.03. The van der Waals surface area contributed by atoms with E-state index in [0.717, 1.165) is 25.8 Å². The molecule has 0 spiro atoms. The van der Waals surface area contributed by atoms with E-state index in [4.69, 9.17) is 0 Å². The van der Waals surface area contributed by atoms with Gasteiger partial charge in [0, 0.05) is 25.8 Å². The number of amides is 2. The minimum atomic E-state index is -0.577. The third-order valence-corrected chi connectivity index (χ3v) is 5.91. The van der Waals surface area contributed by atoms with Gasteiger partial charge >= 0.3 is 0 Å². The van der Waals surface area contributed by atoms with Crippen LogP contribution >= 0.6 is 0 Å². The Labute approximate surface area is 162 Å². The summed E-state index contributed by atoms with van der Waals surface area (Å²) in [4.78, 5) is 30.3. The lowest BCUT2D eigenvalue weighted by molar-refractivity contribution is -0.142. The number of likely N-dealkylation sites (N-methyl/N-ethyl adjacent to an activating group) is 1. The van der Waals surface area contributed by atoms with E-state index in [1.807, 2.05) is 11.9 Å². The summed E-state index contributed by atoms with van der Waals surface area (Å²) in [5, 5.41) is 20.9. The highest BCUT2D eigenvalue weighted by Crippen LogP contribution is 2.42. The van der Waals surface area contributed by atoms with Crippen LogP contribution in [0.15, 0.2) is 18.6 Å². The predicted molar refractivity (Wildman–Crippen MR) is 98.0 cm³/mol. The summed E-state index contributed by atoms with van der Waals surface area (Å²) >= 11 is 0. The number of likely N-dealkylation sites (tertiary alicyclic amines) is 2. The molecule has 11 nitrogen and oxygen atoms in total. The van der Waals surface area contributed by atoms with Gasteiger partial charge in [-0.3, -0.25) is 14.3 Å². The maximum absolute atomic E-state index is 13.3. The van der Waals surface area contributed by atoms with Crippen LogP contribution < -0.4 is 5.32 Å². The van der Waals surface area contributed by atoms with Crippen LogP contribution in [0.1, 0.15) is 29.8 Å². The molecule has 2 aromatic heterocycles. The molecule has 2 aliphatic rings.